The van der Waals surface area contributed by atoms with Gasteiger partial charge in [-0.1, -0.05) is 34.1 Å². The molecule has 1 amide bonds. The number of likely N-dealkylation sites (tertiary alicyclic amines) is 1. The molecule has 1 fully saturated rings. The zero-order chi connectivity index (χ0) is 14.3. The minimum absolute atomic E-state index is 0.138. The summed E-state index contributed by atoms with van der Waals surface area (Å²) in [5.41, 5.74) is 0. The van der Waals surface area contributed by atoms with Crippen LogP contribution in [0.3, 0.4) is 0 Å². The van der Waals surface area contributed by atoms with Crippen LogP contribution in [0.1, 0.15) is 47.0 Å². The monoisotopic (exact) mass is 270 g/mol. The van der Waals surface area contributed by atoms with Gasteiger partial charge in [0.2, 0.25) is 0 Å². The number of carbonyl (C=O) groups excluding carboxylic acids is 1. The summed E-state index contributed by atoms with van der Waals surface area (Å²) in [4.78, 5) is 13.8. The Hall–Kier alpha value is -0.770. The number of nitrogens with one attached hydrogen (secondary N) is 1. The summed E-state index contributed by atoms with van der Waals surface area (Å²) in [6.07, 6.45) is 3.17. The topological polar surface area (TPSA) is 41.6 Å². The molecule has 1 N–H and O–H groups in total. The van der Waals surface area contributed by atoms with E-state index in [0.29, 0.717) is 24.5 Å². The zero-order valence-electron chi connectivity index (χ0n) is 12.9. The smallest absolute Gasteiger partial charge is 0.409 e. The largest absolute Gasteiger partial charge is 0.449 e. The van der Waals surface area contributed by atoms with E-state index in [4.69, 9.17) is 4.74 Å². The third kappa shape index (κ3) is 5.39. The molecular weight excluding hydrogens is 240 g/mol. The summed E-state index contributed by atoms with van der Waals surface area (Å²) in [6, 6.07) is 0.555. The van der Waals surface area contributed by atoms with Crippen molar-refractivity contribution in [2.24, 2.45) is 11.8 Å². The number of carbonyl (C=O) groups is 1. The zero-order valence-corrected chi connectivity index (χ0v) is 12.9. The van der Waals surface area contributed by atoms with Gasteiger partial charge in [-0.05, 0) is 31.2 Å². The van der Waals surface area contributed by atoms with Crippen LogP contribution in [0, 0.1) is 11.8 Å². The Morgan fingerprint density at radius 2 is 2.16 bits per heavy atom. The van der Waals surface area contributed by atoms with Gasteiger partial charge in [-0.25, -0.2) is 4.79 Å². The van der Waals surface area contributed by atoms with Crippen LogP contribution in [0.4, 0.5) is 4.79 Å². The summed E-state index contributed by atoms with van der Waals surface area (Å²) in [7, 11) is 0. The van der Waals surface area contributed by atoms with Gasteiger partial charge < -0.3 is 15.0 Å². The number of ether oxygens (including phenoxy) is 1. The molecule has 0 aromatic rings. The molecule has 0 aromatic heterocycles. The summed E-state index contributed by atoms with van der Waals surface area (Å²) in [5, 5.41) is 3.60. The van der Waals surface area contributed by atoms with Gasteiger partial charge in [0.1, 0.15) is 0 Å². The molecule has 19 heavy (non-hydrogen) atoms. The van der Waals surface area contributed by atoms with E-state index in [2.05, 4.69) is 33.0 Å². The van der Waals surface area contributed by atoms with E-state index >= 15 is 0 Å². The lowest BCUT2D eigenvalue weighted by molar-refractivity contribution is 0.0675. The molecule has 1 aliphatic heterocycles. The minimum Gasteiger partial charge on any atom is -0.449 e. The molecule has 0 bridgehead atoms. The van der Waals surface area contributed by atoms with Crippen molar-refractivity contribution in [1.82, 2.24) is 10.2 Å². The van der Waals surface area contributed by atoms with Crippen LogP contribution in [0.5, 0.6) is 0 Å². The maximum Gasteiger partial charge on any atom is 0.409 e. The maximum absolute atomic E-state index is 12.0. The molecule has 2 unspecified atom stereocenters. The van der Waals surface area contributed by atoms with Crippen molar-refractivity contribution in [1.29, 1.82) is 0 Å². The van der Waals surface area contributed by atoms with E-state index in [0.717, 1.165) is 38.9 Å². The highest BCUT2D eigenvalue weighted by Crippen LogP contribution is 2.21. The summed E-state index contributed by atoms with van der Waals surface area (Å²) >= 11 is 0. The van der Waals surface area contributed by atoms with Crippen LogP contribution in [-0.2, 0) is 4.74 Å². The van der Waals surface area contributed by atoms with Crippen molar-refractivity contribution < 1.29 is 9.53 Å². The normalized spacial score (nSPS) is 23.7. The lowest BCUT2D eigenvalue weighted by Crippen LogP contribution is -2.51. The average Bonchev–Trinajstić information content (AvgIpc) is 2.42. The van der Waals surface area contributed by atoms with Crippen LogP contribution < -0.4 is 5.32 Å². The third-order valence-corrected chi connectivity index (χ3v) is 3.71. The lowest BCUT2D eigenvalue weighted by atomic mass is 9.90. The molecule has 1 rings (SSSR count). The molecule has 1 aliphatic rings. The molecule has 0 aliphatic carbocycles. The second-order valence-corrected chi connectivity index (χ2v) is 5.93. The van der Waals surface area contributed by atoms with Gasteiger partial charge in [0.15, 0.2) is 0 Å². The quantitative estimate of drug-likeness (QED) is 0.807. The molecular formula is C15H30N2O2. The van der Waals surface area contributed by atoms with Crippen molar-refractivity contribution in [2.75, 3.05) is 26.2 Å². The van der Waals surface area contributed by atoms with Crippen molar-refractivity contribution in [3.63, 3.8) is 0 Å². The molecule has 1 heterocycles. The average molecular weight is 270 g/mol. The standard InChI is InChI=1S/C15H30N2O2/c1-5-8-16-14-7-9-17(10-13(14)6-2)15(18)19-11-12(3)4/h12-14,16H,5-11H2,1-4H3. The van der Waals surface area contributed by atoms with E-state index < -0.39 is 0 Å². The lowest BCUT2D eigenvalue weighted by Gasteiger charge is -2.38. The predicted octanol–water partition coefficient (Wildman–Crippen LogP) is 2.88. The highest BCUT2D eigenvalue weighted by molar-refractivity contribution is 5.67. The molecule has 0 spiro atoms. The van der Waals surface area contributed by atoms with Gasteiger partial charge >= 0.3 is 6.09 Å². The Labute approximate surface area is 117 Å². The van der Waals surface area contributed by atoms with Crippen molar-refractivity contribution >= 4 is 6.09 Å². The highest BCUT2D eigenvalue weighted by atomic mass is 16.6. The van der Waals surface area contributed by atoms with Gasteiger partial charge in [0.25, 0.3) is 0 Å². The second-order valence-electron chi connectivity index (χ2n) is 5.93. The fourth-order valence-electron chi connectivity index (χ4n) is 2.54. The van der Waals surface area contributed by atoms with Crippen molar-refractivity contribution in [3.05, 3.63) is 0 Å². The Kier molecular flexibility index (Phi) is 7.21. The molecule has 4 heteroatoms. The fraction of sp³-hybridized carbons (Fsp3) is 0.933. The summed E-state index contributed by atoms with van der Waals surface area (Å²) in [5.74, 6) is 0.946. The number of hydrogen-bond donors (Lipinski definition) is 1. The Bertz CT molecular complexity index is 269. The number of nitrogens with zero attached hydrogens (tertiary/aromatic N) is 1. The van der Waals surface area contributed by atoms with Gasteiger partial charge in [-0.3, -0.25) is 0 Å². The molecule has 0 aromatic carbocycles. The van der Waals surface area contributed by atoms with E-state index in [1.807, 2.05) is 4.90 Å². The highest BCUT2D eigenvalue weighted by Gasteiger charge is 2.30. The van der Waals surface area contributed by atoms with E-state index in [1.165, 1.54) is 0 Å². The molecule has 4 nitrogen and oxygen atoms in total. The molecule has 2 atom stereocenters. The minimum atomic E-state index is -0.138. The number of amides is 1. The fourth-order valence-corrected chi connectivity index (χ4v) is 2.54. The van der Waals surface area contributed by atoms with Gasteiger partial charge in [-0.2, -0.15) is 0 Å². The molecule has 1 saturated heterocycles. The first-order chi connectivity index (χ1) is 9.08. The third-order valence-electron chi connectivity index (χ3n) is 3.71. The summed E-state index contributed by atoms with van der Waals surface area (Å²) in [6.45, 7) is 11.7. The van der Waals surface area contributed by atoms with Crippen LogP contribution in [0.2, 0.25) is 0 Å². The van der Waals surface area contributed by atoms with Crippen molar-refractivity contribution in [2.45, 2.75) is 53.0 Å². The first-order valence-electron chi connectivity index (χ1n) is 7.73. The van der Waals surface area contributed by atoms with E-state index in [-0.39, 0.29) is 6.09 Å². The van der Waals surface area contributed by atoms with Gasteiger partial charge in [0.05, 0.1) is 6.61 Å². The molecule has 0 saturated carbocycles. The van der Waals surface area contributed by atoms with Crippen LogP contribution in [0.25, 0.3) is 0 Å². The van der Waals surface area contributed by atoms with E-state index in [9.17, 15) is 4.79 Å². The van der Waals surface area contributed by atoms with Crippen LogP contribution in [0.15, 0.2) is 0 Å². The Morgan fingerprint density at radius 1 is 1.42 bits per heavy atom. The number of hydrogen-bond acceptors (Lipinski definition) is 3. The SMILES string of the molecule is CCCNC1CCN(C(=O)OCC(C)C)CC1CC. The van der Waals surface area contributed by atoms with E-state index in [1.54, 1.807) is 0 Å². The Morgan fingerprint density at radius 3 is 2.74 bits per heavy atom. The first kappa shape index (κ1) is 16.3. The molecule has 112 valence electrons. The first-order valence-corrected chi connectivity index (χ1v) is 7.73. The second kappa shape index (κ2) is 8.41. The van der Waals surface area contributed by atoms with Crippen LogP contribution >= 0.6 is 0 Å². The number of piperidine rings is 1. The maximum atomic E-state index is 12.0. The number of rotatable bonds is 6. The van der Waals surface area contributed by atoms with Crippen molar-refractivity contribution in [3.8, 4) is 0 Å². The van der Waals surface area contributed by atoms with Crippen LogP contribution in [-0.4, -0.2) is 43.3 Å². The Balaban J connectivity index is 2.42. The molecule has 0 radical (unpaired) electrons. The van der Waals surface area contributed by atoms with Gasteiger partial charge in [0, 0.05) is 19.1 Å². The predicted molar refractivity (Wildman–Crippen MR) is 78.2 cm³/mol. The van der Waals surface area contributed by atoms with Gasteiger partial charge in [-0.15, -0.1) is 0 Å². The summed E-state index contributed by atoms with van der Waals surface area (Å²) < 4.78 is 5.32.